The summed E-state index contributed by atoms with van der Waals surface area (Å²) in [6.45, 7) is 1.62. The number of aromatic nitrogens is 1. The Morgan fingerprint density at radius 1 is 1.29 bits per heavy atom. The van der Waals surface area contributed by atoms with Crippen LogP contribution in [0.4, 0.5) is 14.9 Å². The summed E-state index contributed by atoms with van der Waals surface area (Å²) >= 11 is 0. The van der Waals surface area contributed by atoms with E-state index in [-0.39, 0.29) is 17.8 Å². The lowest BCUT2D eigenvalue weighted by atomic mass is 10.2. The first-order valence-electron chi connectivity index (χ1n) is 8.03. The lowest BCUT2D eigenvalue weighted by Gasteiger charge is -2.26. The summed E-state index contributed by atoms with van der Waals surface area (Å²) in [7, 11) is 0. The summed E-state index contributed by atoms with van der Waals surface area (Å²) in [6.07, 6.45) is 5.34. The topological polar surface area (TPSA) is 54.5 Å². The molecule has 1 aromatic carbocycles. The Morgan fingerprint density at radius 3 is 2.79 bits per heavy atom. The maximum Gasteiger partial charge on any atom is 0.322 e. The Labute approximate surface area is 140 Å². The fourth-order valence-electron chi connectivity index (χ4n) is 2.72. The van der Waals surface area contributed by atoms with Crippen molar-refractivity contribution in [1.82, 2.24) is 9.88 Å². The molecular weight excluding hydrogens is 309 g/mol. The lowest BCUT2D eigenvalue weighted by molar-refractivity contribution is 0.0819. The van der Waals surface area contributed by atoms with Crippen LogP contribution in [-0.4, -0.2) is 35.2 Å². The summed E-state index contributed by atoms with van der Waals surface area (Å²) in [4.78, 5) is 18.3. The van der Waals surface area contributed by atoms with Gasteiger partial charge in [0.15, 0.2) is 0 Å². The van der Waals surface area contributed by atoms with Crippen LogP contribution in [0.2, 0.25) is 0 Å². The number of urea groups is 1. The van der Waals surface area contributed by atoms with Crippen molar-refractivity contribution in [3.05, 3.63) is 60.2 Å². The van der Waals surface area contributed by atoms with Gasteiger partial charge in [-0.15, -0.1) is 0 Å². The quantitative estimate of drug-likeness (QED) is 0.914. The minimum absolute atomic E-state index is 0.0261. The molecule has 1 aliphatic heterocycles. The number of nitrogens with one attached hydrogen (secondary N) is 1. The third-order valence-electron chi connectivity index (χ3n) is 3.97. The molecule has 0 radical (unpaired) electrons. The molecule has 1 N–H and O–H groups in total. The highest BCUT2D eigenvalue weighted by atomic mass is 19.1. The molecule has 6 heteroatoms. The van der Waals surface area contributed by atoms with Gasteiger partial charge < -0.3 is 15.0 Å². The summed E-state index contributed by atoms with van der Waals surface area (Å²) in [5, 5.41) is 2.65. The molecule has 1 atom stereocenters. The molecule has 1 saturated heterocycles. The monoisotopic (exact) mass is 329 g/mol. The van der Waals surface area contributed by atoms with Gasteiger partial charge in [-0.2, -0.15) is 0 Å². The molecule has 2 heterocycles. The molecule has 1 aliphatic rings. The molecule has 5 nitrogen and oxygen atoms in total. The zero-order chi connectivity index (χ0) is 16.8. The molecule has 2 aromatic rings. The van der Waals surface area contributed by atoms with Crippen LogP contribution in [0.1, 0.15) is 18.4 Å². The molecule has 0 aliphatic carbocycles. The molecule has 0 bridgehead atoms. The predicted octanol–water partition coefficient (Wildman–Crippen LogP) is 3.43. The smallest absolute Gasteiger partial charge is 0.322 e. The van der Waals surface area contributed by atoms with Crippen LogP contribution in [0.5, 0.6) is 0 Å². The summed E-state index contributed by atoms with van der Waals surface area (Å²) in [5.74, 6) is -0.452. The van der Waals surface area contributed by atoms with Crippen LogP contribution in [0.3, 0.4) is 0 Å². The lowest BCUT2D eigenvalue weighted by Crippen LogP contribution is -2.39. The number of benzene rings is 1. The zero-order valence-corrected chi connectivity index (χ0v) is 13.3. The van der Waals surface area contributed by atoms with Crippen LogP contribution in [-0.2, 0) is 11.3 Å². The van der Waals surface area contributed by atoms with Crippen molar-refractivity contribution >= 4 is 11.7 Å². The molecule has 1 unspecified atom stereocenters. The van der Waals surface area contributed by atoms with Gasteiger partial charge in [-0.25, -0.2) is 9.18 Å². The third kappa shape index (κ3) is 4.29. The van der Waals surface area contributed by atoms with Gasteiger partial charge in [-0.3, -0.25) is 4.98 Å². The Hall–Kier alpha value is -2.47. The average Bonchev–Trinajstić information content (AvgIpc) is 3.10. The van der Waals surface area contributed by atoms with Crippen molar-refractivity contribution in [1.29, 1.82) is 0 Å². The highest BCUT2D eigenvalue weighted by Crippen LogP contribution is 2.18. The number of anilines is 1. The van der Waals surface area contributed by atoms with Gasteiger partial charge in [0.2, 0.25) is 0 Å². The first kappa shape index (κ1) is 16.4. The van der Waals surface area contributed by atoms with E-state index in [1.54, 1.807) is 35.5 Å². The maximum absolute atomic E-state index is 13.8. The van der Waals surface area contributed by atoms with Gasteiger partial charge in [-0.1, -0.05) is 12.1 Å². The number of para-hydroxylation sites is 1. The average molecular weight is 329 g/mol. The van der Waals surface area contributed by atoms with E-state index in [1.807, 2.05) is 12.1 Å². The number of pyridine rings is 1. The predicted molar refractivity (Wildman–Crippen MR) is 89.0 cm³/mol. The second-order valence-electron chi connectivity index (χ2n) is 5.78. The minimum atomic E-state index is -0.452. The minimum Gasteiger partial charge on any atom is -0.376 e. The van der Waals surface area contributed by atoms with E-state index in [0.29, 0.717) is 13.1 Å². The molecule has 0 spiro atoms. The number of nitrogens with zero attached hydrogens (tertiary/aromatic N) is 2. The second-order valence-corrected chi connectivity index (χ2v) is 5.78. The maximum atomic E-state index is 13.8. The van der Waals surface area contributed by atoms with Crippen LogP contribution in [0, 0.1) is 5.82 Å². The number of halogens is 1. The molecule has 3 rings (SSSR count). The molecule has 0 saturated carbocycles. The SMILES string of the molecule is O=C(Nc1ccccc1F)N(Cc1ccncc1)CC1CCCO1. The molecule has 126 valence electrons. The number of carbonyl (C=O) groups excluding carboxylic acids is 1. The highest BCUT2D eigenvalue weighted by molar-refractivity contribution is 5.89. The Bertz CT molecular complexity index is 675. The summed E-state index contributed by atoms with van der Waals surface area (Å²) < 4.78 is 19.4. The van der Waals surface area contributed by atoms with Crippen molar-refractivity contribution in [3.8, 4) is 0 Å². The fraction of sp³-hybridized carbons (Fsp3) is 0.333. The highest BCUT2D eigenvalue weighted by Gasteiger charge is 2.23. The Balaban J connectivity index is 1.72. The Kier molecular flexibility index (Phi) is 5.38. The number of rotatable bonds is 5. The molecule has 1 fully saturated rings. The van der Waals surface area contributed by atoms with Crippen molar-refractivity contribution in [2.75, 3.05) is 18.5 Å². The largest absolute Gasteiger partial charge is 0.376 e. The van der Waals surface area contributed by atoms with Gasteiger partial charge in [-0.05, 0) is 42.7 Å². The van der Waals surface area contributed by atoms with Crippen LogP contribution >= 0.6 is 0 Å². The first-order valence-corrected chi connectivity index (χ1v) is 8.03. The van der Waals surface area contributed by atoms with Gasteiger partial charge in [0.1, 0.15) is 5.82 Å². The number of amides is 2. The number of ether oxygens (including phenoxy) is 1. The van der Waals surface area contributed by atoms with Crippen LogP contribution in [0.25, 0.3) is 0 Å². The number of hydrogen-bond acceptors (Lipinski definition) is 3. The van der Waals surface area contributed by atoms with Crippen LogP contribution < -0.4 is 5.32 Å². The van der Waals surface area contributed by atoms with E-state index in [4.69, 9.17) is 4.74 Å². The Morgan fingerprint density at radius 2 is 2.08 bits per heavy atom. The molecule has 2 amide bonds. The van der Waals surface area contributed by atoms with Crippen molar-refractivity contribution in [2.45, 2.75) is 25.5 Å². The number of carbonyl (C=O) groups is 1. The first-order chi connectivity index (χ1) is 11.7. The van der Waals surface area contributed by atoms with Crippen LogP contribution in [0.15, 0.2) is 48.8 Å². The van der Waals surface area contributed by atoms with Gasteiger partial charge in [0.25, 0.3) is 0 Å². The third-order valence-corrected chi connectivity index (χ3v) is 3.97. The van der Waals surface area contributed by atoms with E-state index in [2.05, 4.69) is 10.3 Å². The van der Waals surface area contributed by atoms with Gasteiger partial charge in [0, 0.05) is 32.1 Å². The molecule has 24 heavy (non-hydrogen) atoms. The van der Waals surface area contributed by atoms with Gasteiger partial charge in [0.05, 0.1) is 11.8 Å². The summed E-state index contributed by atoms with van der Waals surface area (Å²) in [6, 6.07) is 9.52. The summed E-state index contributed by atoms with van der Waals surface area (Å²) in [5.41, 5.74) is 1.14. The van der Waals surface area contributed by atoms with E-state index < -0.39 is 5.82 Å². The molecule has 1 aromatic heterocycles. The van der Waals surface area contributed by atoms with E-state index in [1.165, 1.54) is 6.07 Å². The zero-order valence-electron chi connectivity index (χ0n) is 13.3. The standard InChI is InChI=1S/C18H20FN3O2/c19-16-5-1-2-6-17(16)21-18(23)22(13-15-4-3-11-24-15)12-14-7-9-20-10-8-14/h1-2,5-10,15H,3-4,11-13H2,(H,21,23). The van der Waals surface area contributed by atoms with E-state index in [0.717, 1.165) is 25.0 Å². The van der Waals surface area contributed by atoms with Crippen molar-refractivity contribution in [3.63, 3.8) is 0 Å². The number of hydrogen-bond donors (Lipinski definition) is 1. The van der Waals surface area contributed by atoms with Crippen molar-refractivity contribution < 1.29 is 13.9 Å². The molecular formula is C18H20FN3O2. The van der Waals surface area contributed by atoms with Gasteiger partial charge >= 0.3 is 6.03 Å². The second kappa shape index (κ2) is 7.88. The van der Waals surface area contributed by atoms with E-state index in [9.17, 15) is 9.18 Å². The normalized spacial score (nSPS) is 16.8. The fourth-order valence-corrected chi connectivity index (χ4v) is 2.72. The van der Waals surface area contributed by atoms with E-state index >= 15 is 0 Å². The van der Waals surface area contributed by atoms with Crippen molar-refractivity contribution in [2.24, 2.45) is 0 Å².